The first-order valence-electron chi connectivity index (χ1n) is 7.61. The molecular formula is C15H22ClN3O7. The summed E-state index contributed by atoms with van der Waals surface area (Å²) < 4.78 is 4.95. The molecule has 0 bridgehead atoms. The van der Waals surface area contributed by atoms with Gasteiger partial charge in [-0.3, -0.25) is 14.9 Å². The van der Waals surface area contributed by atoms with Gasteiger partial charge in [0.25, 0.3) is 5.69 Å². The lowest BCUT2D eigenvalue weighted by molar-refractivity contribution is -0.385. The van der Waals surface area contributed by atoms with E-state index in [0.29, 0.717) is 31.4 Å². The highest BCUT2D eigenvalue weighted by Crippen LogP contribution is 2.20. The van der Waals surface area contributed by atoms with Crippen LogP contribution in [0.1, 0.15) is 30.4 Å². The molecule has 0 aliphatic heterocycles. The van der Waals surface area contributed by atoms with Gasteiger partial charge in [0.05, 0.1) is 17.1 Å². The minimum Gasteiger partial charge on any atom is -0.480 e. The summed E-state index contributed by atoms with van der Waals surface area (Å²) in [6.07, 6.45) is 0.721. The number of rotatable bonds is 10. The largest absolute Gasteiger partial charge is 0.480 e. The Balaban J connectivity index is 0.00000625. The number of nitro groups is 1. The molecule has 0 aliphatic rings. The second kappa shape index (κ2) is 12.0. The van der Waals surface area contributed by atoms with Crippen molar-refractivity contribution in [3.05, 3.63) is 39.4 Å². The molecule has 146 valence electrons. The summed E-state index contributed by atoms with van der Waals surface area (Å²) in [5.74, 6) is -1.06. The number of carbonyl (C=O) groups excluding carboxylic acids is 1. The van der Waals surface area contributed by atoms with E-state index in [2.05, 4.69) is 5.32 Å². The Morgan fingerprint density at radius 3 is 2.62 bits per heavy atom. The fraction of sp³-hybridized carbons (Fsp3) is 0.467. The van der Waals surface area contributed by atoms with Crippen LogP contribution in [0.15, 0.2) is 18.2 Å². The maximum atomic E-state index is 11.5. The Hall–Kier alpha value is -2.43. The van der Waals surface area contributed by atoms with Crippen LogP contribution < -0.4 is 11.1 Å². The number of nitro benzene ring substituents is 1. The molecule has 0 spiro atoms. The maximum Gasteiger partial charge on any atom is 0.407 e. The summed E-state index contributed by atoms with van der Waals surface area (Å²) in [4.78, 5) is 32.3. The molecule has 0 aromatic heterocycles. The highest BCUT2D eigenvalue weighted by molar-refractivity contribution is 5.85. The number of unbranched alkanes of at least 4 members (excludes halogenated alkanes) is 1. The zero-order valence-electron chi connectivity index (χ0n) is 13.9. The number of aliphatic hydroxyl groups is 1. The lowest BCUT2D eigenvalue weighted by Gasteiger charge is -2.09. The number of halogens is 1. The van der Waals surface area contributed by atoms with Crippen LogP contribution in [-0.2, 0) is 22.7 Å². The molecule has 5 N–H and O–H groups in total. The van der Waals surface area contributed by atoms with Gasteiger partial charge in [-0.15, -0.1) is 12.4 Å². The number of aliphatic hydroxyl groups excluding tert-OH is 1. The molecule has 1 amide bonds. The number of hydrogen-bond acceptors (Lipinski definition) is 7. The minimum absolute atomic E-state index is 0. The Labute approximate surface area is 155 Å². The number of benzene rings is 1. The van der Waals surface area contributed by atoms with Crippen LogP contribution in [0.5, 0.6) is 0 Å². The third kappa shape index (κ3) is 8.10. The van der Waals surface area contributed by atoms with Crippen LogP contribution in [-0.4, -0.2) is 39.8 Å². The summed E-state index contributed by atoms with van der Waals surface area (Å²) in [5.41, 5.74) is 5.71. The molecule has 0 saturated carbocycles. The van der Waals surface area contributed by atoms with Gasteiger partial charge in [-0.1, -0.05) is 6.07 Å². The van der Waals surface area contributed by atoms with Crippen LogP contribution in [0.4, 0.5) is 10.5 Å². The van der Waals surface area contributed by atoms with E-state index in [9.17, 15) is 19.7 Å². The number of carbonyl (C=O) groups is 2. The van der Waals surface area contributed by atoms with Crippen molar-refractivity contribution in [2.24, 2.45) is 5.73 Å². The van der Waals surface area contributed by atoms with Crippen molar-refractivity contribution in [2.45, 2.75) is 38.5 Å². The zero-order chi connectivity index (χ0) is 18.8. The highest BCUT2D eigenvalue weighted by Gasteiger charge is 2.14. The van der Waals surface area contributed by atoms with E-state index in [0.717, 1.165) is 0 Å². The molecule has 11 heteroatoms. The molecule has 0 heterocycles. The van der Waals surface area contributed by atoms with E-state index in [-0.39, 0.29) is 30.3 Å². The lowest BCUT2D eigenvalue weighted by Crippen LogP contribution is -2.30. The van der Waals surface area contributed by atoms with Crippen LogP contribution in [0, 0.1) is 10.1 Å². The van der Waals surface area contributed by atoms with Gasteiger partial charge in [0.15, 0.2) is 0 Å². The number of nitrogens with two attached hydrogens (primary N) is 1. The van der Waals surface area contributed by atoms with Crippen molar-refractivity contribution < 1.29 is 29.5 Å². The van der Waals surface area contributed by atoms with Crippen LogP contribution >= 0.6 is 12.4 Å². The average molecular weight is 392 g/mol. The highest BCUT2D eigenvalue weighted by atomic mass is 35.5. The summed E-state index contributed by atoms with van der Waals surface area (Å²) in [7, 11) is 0. The Morgan fingerprint density at radius 2 is 2.04 bits per heavy atom. The summed E-state index contributed by atoms with van der Waals surface area (Å²) >= 11 is 0. The molecule has 1 atom stereocenters. The standard InChI is InChI=1S/C15H21N3O7.ClH/c16-12(14(20)21)3-1-2-6-17-15(22)25-9-10-4-5-11(8-19)13(7-10)18(23)24;/h4-5,7,12,19H,1-3,6,8-9,16H2,(H,17,22)(H,20,21);1H/t12-;/m0./s1. The van der Waals surface area contributed by atoms with E-state index < -0.39 is 29.6 Å². The van der Waals surface area contributed by atoms with Crippen LogP contribution in [0.2, 0.25) is 0 Å². The normalized spacial score (nSPS) is 11.2. The molecule has 0 saturated heterocycles. The number of carboxylic acids is 1. The van der Waals surface area contributed by atoms with E-state index in [1.807, 2.05) is 0 Å². The van der Waals surface area contributed by atoms with Gasteiger partial charge >= 0.3 is 12.1 Å². The zero-order valence-corrected chi connectivity index (χ0v) is 14.7. The summed E-state index contributed by atoms with van der Waals surface area (Å²) in [5, 5.41) is 31.0. The molecule has 26 heavy (non-hydrogen) atoms. The SMILES string of the molecule is Cl.N[C@@H](CCCCNC(=O)OCc1ccc(CO)c([N+](=O)[O-])c1)C(=O)O. The van der Waals surface area contributed by atoms with Gasteiger partial charge in [-0.25, -0.2) is 4.79 Å². The number of alkyl carbamates (subject to hydrolysis) is 1. The van der Waals surface area contributed by atoms with Crippen molar-refractivity contribution in [1.82, 2.24) is 5.32 Å². The van der Waals surface area contributed by atoms with Crippen molar-refractivity contribution in [1.29, 1.82) is 0 Å². The first-order chi connectivity index (χ1) is 11.8. The minimum atomic E-state index is -1.06. The van der Waals surface area contributed by atoms with Gasteiger partial charge < -0.3 is 26.0 Å². The number of amides is 1. The molecule has 0 radical (unpaired) electrons. The lowest BCUT2D eigenvalue weighted by atomic mass is 10.1. The molecule has 0 aliphatic carbocycles. The number of nitrogens with one attached hydrogen (secondary N) is 1. The first-order valence-corrected chi connectivity index (χ1v) is 7.61. The fourth-order valence-electron chi connectivity index (χ4n) is 2.01. The van der Waals surface area contributed by atoms with E-state index >= 15 is 0 Å². The summed E-state index contributed by atoms with van der Waals surface area (Å²) in [6.45, 7) is -0.305. The monoisotopic (exact) mass is 391 g/mol. The molecule has 0 fully saturated rings. The van der Waals surface area contributed by atoms with E-state index in [4.69, 9.17) is 20.7 Å². The number of nitrogens with zero attached hydrogens (tertiary/aromatic N) is 1. The van der Waals surface area contributed by atoms with Gasteiger partial charge in [0, 0.05) is 12.6 Å². The van der Waals surface area contributed by atoms with Crippen molar-refractivity contribution in [3.8, 4) is 0 Å². The number of aliphatic carboxylic acids is 1. The summed E-state index contributed by atoms with van der Waals surface area (Å²) in [6, 6.07) is 3.26. The second-order valence-corrected chi connectivity index (χ2v) is 5.32. The Morgan fingerprint density at radius 1 is 1.35 bits per heavy atom. The molecule has 1 rings (SSSR count). The average Bonchev–Trinajstić information content (AvgIpc) is 2.58. The second-order valence-electron chi connectivity index (χ2n) is 5.32. The van der Waals surface area contributed by atoms with Crippen LogP contribution in [0.3, 0.4) is 0 Å². The first kappa shape index (κ1) is 23.6. The number of hydrogen-bond donors (Lipinski definition) is 4. The van der Waals surface area contributed by atoms with Gasteiger partial charge in [-0.05, 0) is 30.9 Å². The predicted molar refractivity (Wildman–Crippen MR) is 93.9 cm³/mol. The Kier molecular flexibility index (Phi) is 10.9. The maximum absolute atomic E-state index is 11.5. The van der Waals surface area contributed by atoms with Crippen LogP contribution in [0.25, 0.3) is 0 Å². The van der Waals surface area contributed by atoms with Crippen molar-refractivity contribution >= 4 is 30.2 Å². The van der Waals surface area contributed by atoms with Gasteiger partial charge in [0.2, 0.25) is 0 Å². The molecule has 1 aromatic rings. The molecule has 1 aromatic carbocycles. The number of carboxylic acid groups (broad SMARTS) is 1. The quantitative estimate of drug-likeness (QED) is 0.263. The van der Waals surface area contributed by atoms with Gasteiger partial charge in [0.1, 0.15) is 12.6 Å². The third-order valence-electron chi connectivity index (χ3n) is 3.42. The fourth-order valence-corrected chi connectivity index (χ4v) is 2.01. The topological polar surface area (TPSA) is 165 Å². The van der Waals surface area contributed by atoms with E-state index in [1.54, 1.807) is 0 Å². The Bertz CT molecular complexity index is 627. The molecule has 0 unspecified atom stereocenters. The van der Waals surface area contributed by atoms with Crippen molar-refractivity contribution in [3.63, 3.8) is 0 Å². The van der Waals surface area contributed by atoms with Gasteiger partial charge in [-0.2, -0.15) is 0 Å². The predicted octanol–water partition coefficient (Wildman–Crippen LogP) is 1.32. The third-order valence-corrected chi connectivity index (χ3v) is 3.42. The molecule has 10 nitrogen and oxygen atoms in total. The smallest absolute Gasteiger partial charge is 0.407 e. The van der Waals surface area contributed by atoms with Crippen molar-refractivity contribution in [2.75, 3.05) is 6.54 Å². The molecular weight excluding hydrogens is 370 g/mol. The van der Waals surface area contributed by atoms with E-state index in [1.165, 1.54) is 18.2 Å². The number of ether oxygens (including phenoxy) is 1.